The molecule has 0 radical (unpaired) electrons. The number of nitrogens with zero attached hydrogens (tertiary/aromatic N) is 2. The van der Waals surface area contributed by atoms with Gasteiger partial charge in [-0.3, -0.25) is 9.11 Å². The van der Waals surface area contributed by atoms with Crippen LogP contribution in [0.3, 0.4) is 0 Å². The first kappa shape index (κ1) is 31.5. The Morgan fingerprint density at radius 3 is 2.24 bits per heavy atom. The highest BCUT2D eigenvalue weighted by molar-refractivity contribution is 7.86. The van der Waals surface area contributed by atoms with E-state index in [1.54, 1.807) is 0 Å². The molecule has 0 unspecified atom stereocenters. The van der Waals surface area contributed by atoms with Crippen LogP contribution in [0.25, 0.3) is 38.7 Å². The number of aromatic nitrogens is 1. The summed E-state index contributed by atoms with van der Waals surface area (Å²) in [6.07, 6.45) is 7.77. The van der Waals surface area contributed by atoms with Gasteiger partial charge in [-0.2, -0.15) is 21.4 Å². The molecule has 0 saturated carbocycles. The van der Waals surface area contributed by atoms with Crippen molar-refractivity contribution < 1.29 is 39.7 Å². The number of benzene rings is 4. The van der Waals surface area contributed by atoms with E-state index in [9.17, 15) is 25.9 Å². The van der Waals surface area contributed by atoms with Crippen LogP contribution in [0.4, 0.5) is 5.69 Å². The molecule has 5 aromatic rings. The highest BCUT2D eigenvalue weighted by Gasteiger charge is 2.28. The molecule has 10 nitrogen and oxygen atoms in total. The summed E-state index contributed by atoms with van der Waals surface area (Å²) in [4.78, 5) is 1.90. The van der Waals surface area contributed by atoms with Crippen molar-refractivity contribution >= 4 is 64.6 Å². The van der Waals surface area contributed by atoms with Crippen molar-refractivity contribution in [1.29, 1.82) is 0 Å². The fourth-order valence-corrected chi connectivity index (χ4v) is 6.63. The topological polar surface area (TPSA) is 138 Å². The normalized spacial score (nSPS) is 15.1. The molecule has 1 aliphatic rings. The van der Waals surface area contributed by atoms with Gasteiger partial charge in [0.2, 0.25) is 11.5 Å². The number of oxazole rings is 1. The van der Waals surface area contributed by atoms with Crippen LogP contribution in [0, 0.1) is 0 Å². The Morgan fingerprint density at radius 1 is 0.848 bits per heavy atom. The van der Waals surface area contributed by atoms with Crippen LogP contribution in [0.2, 0.25) is 0 Å². The zero-order valence-corrected chi connectivity index (χ0v) is 26.7. The van der Waals surface area contributed by atoms with Gasteiger partial charge in [0.15, 0.2) is 12.3 Å². The average molecular weight is 662 g/mol. The summed E-state index contributed by atoms with van der Waals surface area (Å²) in [6, 6.07) is 23.5. The van der Waals surface area contributed by atoms with Crippen molar-refractivity contribution in [2.24, 2.45) is 0 Å². The summed E-state index contributed by atoms with van der Waals surface area (Å²) in [7, 11) is -8.21. The molecular weight excluding hydrogens is 629 g/mol. The van der Waals surface area contributed by atoms with E-state index in [1.807, 2.05) is 113 Å². The molecule has 1 aromatic heterocycles. The molecule has 238 valence electrons. The van der Waals surface area contributed by atoms with Crippen molar-refractivity contribution in [1.82, 2.24) is 0 Å². The van der Waals surface area contributed by atoms with Gasteiger partial charge in [0.1, 0.15) is 0 Å². The zero-order chi connectivity index (χ0) is 32.5. The highest BCUT2D eigenvalue weighted by atomic mass is 32.2. The lowest BCUT2D eigenvalue weighted by molar-refractivity contribution is -0.677. The maximum atomic E-state index is 11.4. The number of aryl methyl sites for hydroxylation is 1. The zero-order valence-electron chi connectivity index (χ0n) is 25.0. The summed E-state index contributed by atoms with van der Waals surface area (Å²) >= 11 is 0. The number of rotatable bonds is 11. The quantitative estimate of drug-likeness (QED) is 0.0951. The Hall–Kier alpha value is -4.49. The van der Waals surface area contributed by atoms with Gasteiger partial charge in [-0.05, 0) is 48.4 Å². The number of hydrogen-bond donors (Lipinski definition) is 2. The van der Waals surface area contributed by atoms with Gasteiger partial charge in [0, 0.05) is 29.8 Å². The van der Waals surface area contributed by atoms with Gasteiger partial charge < -0.3 is 14.1 Å². The molecule has 2 heterocycles. The third-order valence-corrected chi connectivity index (χ3v) is 9.40. The predicted molar refractivity (Wildman–Crippen MR) is 179 cm³/mol. The minimum atomic E-state index is -4.10. The number of fused-ring (bicyclic) bond motifs is 6. The molecule has 6 rings (SSSR count). The van der Waals surface area contributed by atoms with E-state index in [4.69, 9.17) is 9.15 Å². The Bertz CT molecular complexity index is 2270. The molecule has 0 fully saturated rings. The van der Waals surface area contributed by atoms with Crippen LogP contribution in [0.1, 0.15) is 25.7 Å². The number of anilines is 1. The van der Waals surface area contributed by atoms with Crippen LogP contribution in [-0.4, -0.2) is 44.0 Å². The van der Waals surface area contributed by atoms with Crippen molar-refractivity contribution in [3.8, 4) is 5.75 Å². The van der Waals surface area contributed by atoms with Crippen molar-refractivity contribution in [2.45, 2.75) is 26.3 Å². The molecule has 0 atom stereocenters. The van der Waals surface area contributed by atoms with Crippen LogP contribution in [0.15, 0.2) is 107 Å². The van der Waals surface area contributed by atoms with Gasteiger partial charge in [0.25, 0.3) is 25.8 Å². The standard InChI is InChI=1S/C34H32N2O8S2/c1-24(12-18-31-35(20-6-22-45(37,38)39)29-16-14-25-8-2-4-10-27(25)33(29)43-31)13-19-32-36(21-7-23-46(40,41)42)30-17-15-26-9-3-5-11-28(26)34(30)44-32/h2-5,8-19H,6-7,20-23H2,1H3,(H-,37,38,39,40,41,42)/p+1. The summed E-state index contributed by atoms with van der Waals surface area (Å²) in [5.41, 5.74) is 3.15. The Labute approximate surface area is 267 Å². The van der Waals surface area contributed by atoms with Gasteiger partial charge in [-0.25, -0.2) is 0 Å². The third kappa shape index (κ3) is 7.00. The summed E-state index contributed by atoms with van der Waals surface area (Å²) < 4.78 is 78.6. The van der Waals surface area contributed by atoms with E-state index in [0.29, 0.717) is 36.2 Å². The first-order valence-corrected chi connectivity index (χ1v) is 18.0. The van der Waals surface area contributed by atoms with Crippen molar-refractivity contribution in [2.75, 3.05) is 23.0 Å². The van der Waals surface area contributed by atoms with E-state index in [2.05, 4.69) is 0 Å². The van der Waals surface area contributed by atoms with Crippen LogP contribution in [-0.2, 0) is 26.8 Å². The SMILES string of the molecule is CC(C=Cc1oc2c3ccccc3ccc2[n+]1CCCS(=O)(=O)O)=CC=C1Oc2c(ccc3ccccc23)N1CCCS(=O)(=O)O. The van der Waals surface area contributed by atoms with E-state index < -0.39 is 20.2 Å². The van der Waals surface area contributed by atoms with Crippen LogP contribution >= 0.6 is 0 Å². The number of allylic oxidation sites excluding steroid dienone is 4. The summed E-state index contributed by atoms with van der Waals surface area (Å²) in [6.45, 7) is 2.54. The van der Waals surface area contributed by atoms with Crippen LogP contribution < -0.4 is 14.2 Å². The second-order valence-electron chi connectivity index (χ2n) is 11.1. The van der Waals surface area contributed by atoms with E-state index in [1.165, 1.54) is 0 Å². The lowest BCUT2D eigenvalue weighted by Crippen LogP contribution is -2.36. The smallest absolute Gasteiger partial charge is 0.374 e. The lowest BCUT2D eigenvalue weighted by Gasteiger charge is -2.17. The molecule has 1 aliphatic heterocycles. The minimum absolute atomic E-state index is 0.201. The first-order valence-electron chi connectivity index (χ1n) is 14.7. The van der Waals surface area contributed by atoms with Crippen LogP contribution in [0.5, 0.6) is 5.75 Å². The number of ether oxygens (including phenoxy) is 1. The average Bonchev–Trinajstić information content (AvgIpc) is 3.56. The van der Waals surface area contributed by atoms with E-state index in [0.717, 1.165) is 38.3 Å². The van der Waals surface area contributed by atoms with Crippen molar-refractivity contribution in [3.05, 3.63) is 108 Å². The molecular formula is C34H33N2O8S2+. The van der Waals surface area contributed by atoms with Crippen molar-refractivity contribution in [3.63, 3.8) is 0 Å². The van der Waals surface area contributed by atoms with Gasteiger partial charge in [0.05, 0.1) is 23.3 Å². The maximum absolute atomic E-state index is 11.4. The van der Waals surface area contributed by atoms with E-state index >= 15 is 0 Å². The molecule has 12 heteroatoms. The Kier molecular flexibility index (Phi) is 8.71. The second-order valence-corrected chi connectivity index (χ2v) is 14.3. The summed E-state index contributed by atoms with van der Waals surface area (Å²) in [5, 5.41) is 3.89. The fraction of sp³-hybridized carbons (Fsp3) is 0.206. The first-order chi connectivity index (χ1) is 22.0. The number of hydrogen-bond acceptors (Lipinski definition) is 7. The fourth-order valence-electron chi connectivity index (χ4n) is 5.64. The minimum Gasteiger partial charge on any atom is -0.438 e. The summed E-state index contributed by atoms with van der Waals surface area (Å²) in [5.74, 6) is 0.982. The lowest BCUT2D eigenvalue weighted by atomic mass is 10.1. The molecule has 0 amide bonds. The third-order valence-electron chi connectivity index (χ3n) is 7.79. The molecule has 0 aliphatic carbocycles. The Balaban J connectivity index is 1.31. The predicted octanol–water partition coefficient (Wildman–Crippen LogP) is 6.28. The molecule has 46 heavy (non-hydrogen) atoms. The van der Waals surface area contributed by atoms with Gasteiger partial charge in [-0.1, -0.05) is 66.2 Å². The molecule has 4 aromatic carbocycles. The Morgan fingerprint density at radius 2 is 1.50 bits per heavy atom. The molecule has 2 N–H and O–H groups in total. The second kappa shape index (κ2) is 12.7. The van der Waals surface area contributed by atoms with Gasteiger partial charge >= 0.3 is 5.89 Å². The molecule has 0 spiro atoms. The molecule has 0 saturated heterocycles. The maximum Gasteiger partial charge on any atom is 0.374 e. The highest BCUT2D eigenvalue weighted by Crippen LogP contribution is 2.44. The largest absolute Gasteiger partial charge is 0.438 e. The monoisotopic (exact) mass is 661 g/mol. The van der Waals surface area contributed by atoms with Gasteiger partial charge in [-0.15, -0.1) is 0 Å². The van der Waals surface area contributed by atoms with E-state index in [-0.39, 0.29) is 24.3 Å². The molecule has 0 bridgehead atoms.